The maximum atomic E-state index is 12.7. The van der Waals surface area contributed by atoms with Crippen LogP contribution in [0.4, 0.5) is 16.2 Å². The van der Waals surface area contributed by atoms with E-state index in [0.29, 0.717) is 30.3 Å². The number of fused-ring (bicyclic) bond motifs is 1. The van der Waals surface area contributed by atoms with Crippen molar-refractivity contribution < 1.29 is 23.7 Å². The van der Waals surface area contributed by atoms with E-state index in [-0.39, 0.29) is 12.8 Å². The number of methoxy groups -OCH3 is 2. The van der Waals surface area contributed by atoms with Crippen LogP contribution >= 0.6 is 0 Å². The van der Waals surface area contributed by atoms with Gasteiger partial charge in [-0.05, 0) is 24.3 Å². The molecule has 1 N–H and O–H groups in total. The molecule has 2 aliphatic rings. The van der Waals surface area contributed by atoms with Gasteiger partial charge in [0.1, 0.15) is 11.5 Å². The maximum absolute atomic E-state index is 12.7. The predicted octanol–water partition coefficient (Wildman–Crippen LogP) is 2.79. The zero-order valence-corrected chi connectivity index (χ0v) is 15.9. The highest BCUT2D eigenvalue weighted by atomic mass is 16.7. The Hall–Kier alpha value is -3.29. The summed E-state index contributed by atoms with van der Waals surface area (Å²) in [5, 5.41) is 2.92. The van der Waals surface area contributed by atoms with Gasteiger partial charge < -0.3 is 34.1 Å². The van der Waals surface area contributed by atoms with Gasteiger partial charge in [0.15, 0.2) is 11.5 Å². The van der Waals surface area contributed by atoms with E-state index in [9.17, 15) is 4.79 Å². The molecule has 2 aromatic rings. The second-order valence-corrected chi connectivity index (χ2v) is 6.51. The molecule has 0 aliphatic carbocycles. The van der Waals surface area contributed by atoms with Gasteiger partial charge >= 0.3 is 6.03 Å². The van der Waals surface area contributed by atoms with Crippen LogP contribution in [0.25, 0.3) is 0 Å². The third-order valence-corrected chi connectivity index (χ3v) is 4.94. The van der Waals surface area contributed by atoms with Crippen LogP contribution < -0.4 is 29.2 Å². The second-order valence-electron chi connectivity index (χ2n) is 6.51. The van der Waals surface area contributed by atoms with Gasteiger partial charge in [0.2, 0.25) is 6.79 Å². The van der Waals surface area contributed by atoms with Crippen LogP contribution in [0.3, 0.4) is 0 Å². The quantitative estimate of drug-likeness (QED) is 0.873. The molecule has 0 atom stereocenters. The lowest BCUT2D eigenvalue weighted by molar-refractivity contribution is 0.174. The zero-order valence-electron chi connectivity index (χ0n) is 15.9. The smallest absolute Gasteiger partial charge is 0.322 e. The molecule has 2 aromatic carbocycles. The van der Waals surface area contributed by atoms with E-state index in [2.05, 4.69) is 10.2 Å². The molecule has 1 saturated heterocycles. The predicted molar refractivity (Wildman–Crippen MR) is 105 cm³/mol. The van der Waals surface area contributed by atoms with Crippen molar-refractivity contribution in [2.24, 2.45) is 0 Å². The Morgan fingerprint density at radius 1 is 0.964 bits per heavy atom. The molecule has 0 saturated carbocycles. The lowest BCUT2D eigenvalue weighted by atomic mass is 10.2. The van der Waals surface area contributed by atoms with Crippen molar-refractivity contribution >= 4 is 17.4 Å². The van der Waals surface area contributed by atoms with Gasteiger partial charge in [-0.1, -0.05) is 0 Å². The van der Waals surface area contributed by atoms with Crippen LogP contribution in [0.15, 0.2) is 36.4 Å². The van der Waals surface area contributed by atoms with Gasteiger partial charge in [-0.2, -0.15) is 0 Å². The molecule has 0 aromatic heterocycles. The molecular weight excluding hydrogens is 362 g/mol. The Morgan fingerprint density at radius 3 is 2.50 bits per heavy atom. The fraction of sp³-hybridized carbons (Fsp3) is 0.350. The van der Waals surface area contributed by atoms with E-state index >= 15 is 0 Å². The molecule has 0 bridgehead atoms. The van der Waals surface area contributed by atoms with Crippen molar-refractivity contribution in [2.45, 2.75) is 0 Å². The van der Waals surface area contributed by atoms with Crippen LogP contribution in [-0.2, 0) is 0 Å². The number of anilines is 2. The number of urea groups is 1. The van der Waals surface area contributed by atoms with E-state index in [1.807, 2.05) is 18.2 Å². The fourth-order valence-electron chi connectivity index (χ4n) is 3.36. The highest BCUT2D eigenvalue weighted by molar-refractivity contribution is 5.91. The van der Waals surface area contributed by atoms with Crippen LogP contribution in [-0.4, -0.2) is 58.1 Å². The molecule has 0 spiro atoms. The molecular formula is C20H23N3O5. The first-order chi connectivity index (χ1) is 13.7. The SMILES string of the molecule is COc1ccc(OC)c(NC(=O)N2CCN(c3ccc4c(c3)OCO4)CC2)c1. The molecule has 8 nitrogen and oxygen atoms in total. The number of nitrogens with one attached hydrogen (secondary N) is 1. The lowest BCUT2D eigenvalue weighted by Crippen LogP contribution is -2.50. The van der Waals surface area contributed by atoms with Gasteiger partial charge in [0.05, 0.1) is 19.9 Å². The lowest BCUT2D eigenvalue weighted by Gasteiger charge is -2.36. The van der Waals surface area contributed by atoms with Crippen LogP contribution in [0.5, 0.6) is 23.0 Å². The number of hydrogen-bond donors (Lipinski definition) is 1. The van der Waals surface area contributed by atoms with Crippen molar-refractivity contribution in [3.05, 3.63) is 36.4 Å². The molecule has 0 unspecified atom stereocenters. The molecule has 148 valence electrons. The molecule has 2 amide bonds. The number of piperazine rings is 1. The summed E-state index contributed by atoms with van der Waals surface area (Å²) in [6, 6.07) is 11.1. The number of ether oxygens (including phenoxy) is 4. The first kappa shape index (κ1) is 18.1. The summed E-state index contributed by atoms with van der Waals surface area (Å²) in [6.45, 7) is 2.98. The summed E-state index contributed by atoms with van der Waals surface area (Å²) >= 11 is 0. The molecule has 1 fully saturated rings. The molecule has 0 radical (unpaired) electrons. The third-order valence-electron chi connectivity index (χ3n) is 4.94. The summed E-state index contributed by atoms with van der Waals surface area (Å²) < 4.78 is 21.4. The molecule has 8 heteroatoms. The van der Waals surface area contributed by atoms with Crippen molar-refractivity contribution in [3.8, 4) is 23.0 Å². The first-order valence-corrected chi connectivity index (χ1v) is 9.10. The van der Waals surface area contributed by atoms with Crippen molar-refractivity contribution in [1.29, 1.82) is 0 Å². The molecule has 2 aliphatic heterocycles. The molecule has 2 heterocycles. The van der Waals surface area contributed by atoms with Crippen LogP contribution in [0.2, 0.25) is 0 Å². The van der Waals surface area contributed by atoms with Crippen molar-refractivity contribution in [3.63, 3.8) is 0 Å². The Kier molecular flexibility index (Phi) is 5.01. The van der Waals surface area contributed by atoms with E-state index < -0.39 is 0 Å². The van der Waals surface area contributed by atoms with E-state index in [1.165, 1.54) is 0 Å². The van der Waals surface area contributed by atoms with E-state index in [0.717, 1.165) is 30.3 Å². The van der Waals surface area contributed by atoms with Crippen LogP contribution in [0.1, 0.15) is 0 Å². The zero-order chi connectivity index (χ0) is 19.5. The first-order valence-electron chi connectivity index (χ1n) is 9.10. The van der Waals surface area contributed by atoms with Gasteiger partial charge in [0, 0.05) is 44.0 Å². The van der Waals surface area contributed by atoms with Crippen molar-refractivity contribution in [2.75, 3.05) is 57.4 Å². The minimum atomic E-state index is -0.156. The van der Waals surface area contributed by atoms with Crippen LogP contribution in [0, 0.1) is 0 Å². The Morgan fingerprint density at radius 2 is 1.75 bits per heavy atom. The fourth-order valence-corrected chi connectivity index (χ4v) is 3.36. The van der Waals surface area contributed by atoms with Crippen molar-refractivity contribution in [1.82, 2.24) is 4.90 Å². The summed E-state index contributed by atoms with van der Waals surface area (Å²) in [5.74, 6) is 2.79. The van der Waals surface area contributed by atoms with Gasteiger partial charge in [0.25, 0.3) is 0 Å². The average Bonchev–Trinajstić information content (AvgIpc) is 3.21. The monoisotopic (exact) mass is 385 g/mol. The van der Waals surface area contributed by atoms with Gasteiger partial charge in [-0.15, -0.1) is 0 Å². The number of carbonyl (C=O) groups is 1. The number of rotatable bonds is 4. The minimum absolute atomic E-state index is 0.156. The largest absolute Gasteiger partial charge is 0.497 e. The standard InChI is InChI=1S/C20H23N3O5/c1-25-15-4-6-17(26-2)16(12-15)21-20(24)23-9-7-22(8-10-23)14-3-5-18-19(11-14)28-13-27-18/h3-6,11-12H,7-10,13H2,1-2H3,(H,21,24). The van der Waals surface area contributed by atoms with Gasteiger partial charge in [-0.3, -0.25) is 0 Å². The Balaban J connectivity index is 1.38. The normalized spacial score (nSPS) is 15.4. The molecule has 28 heavy (non-hydrogen) atoms. The number of carbonyl (C=O) groups excluding carboxylic acids is 1. The molecule has 4 rings (SSSR count). The minimum Gasteiger partial charge on any atom is -0.497 e. The summed E-state index contributed by atoms with van der Waals surface area (Å²) in [7, 11) is 3.16. The number of amides is 2. The average molecular weight is 385 g/mol. The third kappa shape index (κ3) is 3.58. The van der Waals surface area contributed by atoms with E-state index in [1.54, 1.807) is 37.3 Å². The number of hydrogen-bond acceptors (Lipinski definition) is 6. The second kappa shape index (κ2) is 7.75. The summed E-state index contributed by atoms with van der Waals surface area (Å²) in [5.41, 5.74) is 1.66. The maximum Gasteiger partial charge on any atom is 0.322 e. The Bertz CT molecular complexity index is 865. The number of nitrogens with zero attached hydrogens (tertiary/aromatic N) is 2. The summed E-state index contributed by atoms with van der Waals surface area (Å²) in [4.78, 5) is 16.7. The highest BCUT2D eigenvalue weighted by Crippen LogP contribution is 2.35. The van der Waals surface area contributed by atoms with Gasteiger partial charge in [-0.25, -0.2) is 4.79 Å². The number of benzene rings is 2. The summed E-state index contributed by atoms with van der Waals surface area (Å²) in [6.07, 6.45) is 0. The Labute approximate surface area is 163 Å². The topological polar surface area (TPSA) is 72.5 Å². The highest BCUT2D eigenvalue weighted by Gasteiger charge is 2.23. The van der Waals surface area contributed by atoms with E-state index in [4.69, 9.17) is 18.9 Å².